The Hall–Kier alpha value is -3.12. The third-order valence-corrected chi connectivity index (χ3v) is 4.88. The molecule has 0 atom stereocenters. The second-order valence-corrected chi connectivity index (χ2v) is 6.84. The summed E-state index contributed by atoms with van der Waals surface area (Å²) in [5, 5.41) is 5.72. The lowest BCUT2D eigenvalue weighted by atomic mass is 10.2. The molecule has 1 N–H and O–H groups in total. The van der Waals surface area contributed by atoms with Gasteiger partial charge in [-0.2, -0.15) is 0 Å². The maximum absolute atomic E-state index is 12.1. The summed E-state index contributed by atoms with van der Waals surface area (Å²) in [5.41, 5.74) is 2.90. The van der Waals surface area contributed by atoms with E-state index < -0.39 is 0 Å². The lowest BCUT2D eigenvalue weighted by Gasteiger charge is -2.11. The van der Waals surface area contributed by atoms with Crippen LogP contribution in [0, 0.1) is 0 Å². The highest BCUT2D eigenvalue weighted by Crippen LogP contribution is 2.28. The van der Waals surface area contributed by atoms with Crippen molar-refractivity contribution >= 4 is 23.3 Å². The van der Waals surface area contributed by atoms with Crippen LogP contribution in [0.1, 0.15) is 18.2 Å². The minimum absolute atomic E-state index is 0.0883. The van der Waals surface area contributed by atoms with Gasteiger partial charge in [0.1, 0.15) is 5.01 Å². The lowest BCUT2D eigenvalue weighted by Crippen LogP contribution is -2.28. The molecule has 144 valence electrons. The molecule has 1 aromatic heterocycles. The molecular formula is C22H22N2O3S. The van der Waals surface area contributed by atoms with E-state index in [-0.39, 0.29) is 12.5 Å². The van der Waals surface area contributed by atoms with Gasteiger partial charge in [-0.25, -0.2) is 4.98 Å². The first-order valence-electron chi connectivity index (χ1n) is 8.89. The van der Waals surface area contributed by atoms with E-state index in [9.17, 15) is 4.79 Å². The van der Waals surface area contributed by atoms with Crippen LogP contribution in [-0.4, -0.2) is 24.6 Å². The molecule has 3 rings (SSSR count). The molecule has 0 radical (unpaired) electrons. The number of ether oxygens (including phenoxy) is 2. The zero-order valence-corrected chi connectivity index (χ0v) is 16.7. The van der Waals surface area contributed by atoms with E-state index >= 15 is 0 Å². The van der Waals surface area contributed by atoms with E-state index in [1.165, 1.54) is 0 Å². The maximum atomic E-state index is 12.1. The molecule has 6 heteroatoms. The minimum Gasteiger partial charge on any atom is -0.493 e. The molecule has 0 unspecified atom stereocenters. The molecule has 0 spiro atoms. The second kappa shape index (κ2) is 9.71. The molecule has 0 saturated heterocycles. The normalized spacial score (nSPS) is 10.8. The molecule has 28 heavy (non-hydrogen) atoms. The van der Waals surface area contributed by atoms with Gasteiger partial charge in [-0.05, 0) is 24.6 Å². The number of hydrogen-bond acceptors (Lipinski definition) is 5. The SMILES string of the molecule is C/C=C/c1ccc(OCC(=O)NCc2csc(-c3ccccc3)n2)c(OC)c1. The molecule has 1 heterocycles. The van der Waals surface area contributed by atoms with Crippen molar-refractivity contribution in [1.29, 1.82) is 0 Å². The summed E-state index contributed by atoms with van der Waals surface area (Å²) in [6, 6.07) is 15.6. The van der Waals surface area contributed by atoms with Crippen molar-refractivity contribution in [2.45, 2.75) is 13.5 Å². The quantitative estimate of drug-likeness (QED) is 0.609. The van der Waals surface area contributed by atoms with Crippen LogP contribution in [0.3, 0.4) is 0 Å². The van der Waals surface area contributed by atoms with E-state index in [2.05, 4.69) is 10.3 Å². The van der Waals surface area contributed by atoms with Gasteiger partial charge < -0.3 is 14.8 Å². The van der Waals surface area contributed by atoms with Crippen molar-refractivity contribution in [3.8, 4) is 22.1 Å². The average Bonchev–Trinajstić information content (AvgIpc) is 3.21. The molecule has 1 amide bonds. The molecule has 3 aromatic rings. The highest BCUT2D eigenvalue weighted by molar-refractivity contribution is 7.13. The Balaban J connectivity index is 1.52. The molecule has 0 fully saturated rings. The maximum Gasteiger partial charge on any atom is 0.258 e. The largest absolute Gasteiger partial charge is 0.493 e. The third-order valence-electron chi connectivity index (χ3n) is 3.94. The fourth-order valence-corrected chi connectivity index (χ4v) is 3.41. The minimum atomic E-state index is -0.214. The predicted octanol–water partition coefficient (Wildman–Crippen LogP) is 4.55. The van der Waals surface area contributed by atoms with Crippen molar-refractivity contribution in [3.63, 3.8) is 0 Å². The van der Waals surface area contributed by atoms with E-state index in [1.54, 1.807) is 24.5 Å². The fraction of sp³-hybridized carbons (Fsp3) is 0.182. The first kappa shape index (κ1) is 19.6. The number of carbonyl (C=O) groups is 1. The van der Waals surface area contributed by atoms with Crippen LogP contribution in [0.4, 0.5) is 0 Å². The second-order valence-electron chi connectivity index (χ2n) is 5.99. The number of amides is 1. The monoisotopic (exact) mass is 394 g/mol. The number of benzene rings is 2. The van der Waals surface area contributed by atoms with Gasteiger partial charge in [0, 0.05) is 10.9 Å². The van der Waals surface area contributed by atoms with Crippen LogP contribution in [-0.2, 0) is 11.3 Å². The Bertz CT molecular complexity index is 951. The van der Waals surface area contributed by atoms with Gasteiger partial charge in [0.25, 0.3) is 5.91 Å². The third kappa shape index (κ3) is 5.20. The van der Waals surface area contributed by atoms with Gasteiger partial charge in [0.2, 0.25) is 0 Å². The van der Waals surface area contributed by atoms with Crippen LogP contribution >= 0.6 is 11.3 Å². The summed E-state index contributed by atoms with van der Waals surface area (Å²) in [7, 11) is 1.58. The molecule has 2 aromatic carbocycles. The average molecular weight is 394 g/mol. The highest BCUT2D eigenvalue weighted by Gasteiger charge is 2.09. The van der Waals surface area contributed by atoms with Gasteiger partial charge >= 0.3 is 0 Å². The summed E-state index contributed by atoms with van der Waals surface area (Å²) in [6.07, 6.45) is 3.92. The van der Waals surface area contributed by atoms with Crippen molar-refractivity contribution in [1.82, 2.24) is 10.3 Å². The van der Waals surface area contributed by atoms with Crippen molar-refractivity contribution < 1.29 is 14.3 Å². The zero-order chi connectivity index (χ0) is 19.8. The van der Waals surface area contributed by atoms with Crippen LogP contribution in [0.2, 0.25) is 0 Å². The number of nitrogens with one attached hydrogen (secondary N) is 1. The van der Waals surface area contributed by atoms with Crippen LogP contribution < -0.4 is 14.8 Å². The number of allylic oxidation sites excluding steroid dienone is 1. The number of thiazole rings is 1. The molecule has 5 nitrogen and oxygen atoms in total. The summed E-state index contributed by atoms with van der Waals surface area (Å²) < 4.78 is 10.9. The van der Waals surface area contributed by atoms with Gasteiger partial charge in [-0.15, -0.1) is 11.3 Å². The van der Waals surface area contributed by atoms with Crippen LogP contribution in [0.25, 0.3) is 16.6 Å². The number of methoxy groups -OCH3 is 1. The first-order valence-corrected chi connectivity index (χ1v) is 9.77. The van der Waals surface area contributed by atoms with Gasteiger partial charge in [-0.1, -0.05) is 48.6 Å². The number of hydrogen-bond donors (Lipinski definition) is 1. The predicted molar refractivity (Wildman–Crippen MR) is 113 cm³/mol. The van der Waals surface area contributed by atoms with Crippen molar-refractivity contribution in [2.75, 3.05) is 13.7 Å². The van der Waals surface area contributed by atoms with Crippen LogP contribution in [0.5, 0.6) is 11.5 Å². The van der Waals surface area contributed by atoms with Gasteiger partial charge in [0.15, 0.2) is 18.1 Å². The summed E-state index contributed by atoms with van der Waals surface area (Å²) in [4.78, 5) is 16.7. The summed E-state index contributed by atoms with van der Waals surface area (Å²) >= 11 is 1.56. The summed E-state index contributed by atoms with van der Waals surface area (Å²) in [6.45, 7) is 2.23. The van der Waals surface area contributed by atoms with E-state index in [1.807, 2.05) is 66.9 Å². The van der Waals surface area contributed by atoms with E-state index in [4.69, 9.17) is 9.47 Å². The molecule has 0 aliphatic rings. The standard InChI is InChI=1S/C22H22N2O3S/c1-3-7-16-10-11-19(20(12-16)26-2)27-14-21(25)23-13-18-15-28-22(24-18)17-8-5-4-6-9-17/h3-12,15H,13-14H2,1-2H3,(H,23,25)/b7-3+. The lowest BCUT2D eigenvalue weighted by molar-refractivity contribution is -0.123. The highest BCUT2D eigenvalue weighted by atomic mass is 32.1. The van der Waals surface area contributed by atoms with Crippen molar-refractivity contribution in [2.24, 2.45) is 0 Å². The smallest absolute Gasteiger partial charge is 0.258 e. The fourth-order valence-electron chi connectivity index (χ4n) is 2.58. The number of nitrogens with zero attached hydrogens (tertiary/aromatic N) is 1. The Morgan fingerprint density at radius 2 is 2.00 bits per heavy atom. The topological polar surface area (TPSA) is 60.5 Å². The molecule has 0 aliphatic carbocycles. The Morgan fingerprint density at radius 1 is 1.18 bits per heavy atom. The first-order chi connectivity index (χ1) is 13.7. The Labute approximate surface area is 168 Å². The molecular weight excluding hydrogens is 372 g/mol. The molecule has 0 aliphatic heterocycles. The van der Waals surface area contributed by atoms with E-state index in [0.717, 1.165) is 21.8 Å². The van der Waals surface area contributed by atoms with E-state index in [0.29, 0.717) is 18.0 Å². The number of carbonyl (C=O) groups excluding carboxylic acids is 1. The van der Waals surface area contributed by atoms with Crippen molar-refractivity contribution in [3.05, 3.63) is 71.2 Å². The number of rotatable bonds is 8. The Morgan fingerprint density at radius 3 is 2.75 bits per heavy atom. The van der Waals surface area contributed by atoms with Gasteiger partial charge in [-0.3, -0.25) is 4.79 Å². The van der Waals surface area contributed by atoms with Gasteiger partial charge in [0.05, 0.1) is 19.3 Å². The Kier molecular flexibility index (Phi) is 6.81. The number of aromatic nitrogens is 1. The summed E-state index contributed by atoms with van der Waals surface area (Å²) in [5.74, 6) is 0.912. The van der Waals surface area contributed by atoms with Crippen LogP contribution in [0.15, 0.2) is 60.0 Å². The molecule has 0 bridgehead atoms. The zero-order valence-electron chi connectivity index (χ0n) is 15.8. The molecule has 0 saturated carbocycles.